The minimum absolute atomic E-state index is 0.132. The standard InChI is InChI=1S/C23H24IN7O3/c24-15-4-3-5-16(9-15)27-18-10-19(25-12-23(13-32)6-1-2-7-23)31-20(29-18)14(11-26-31)8-17-21(33)30-22(34)28-17/h3-5,8-11,25,32H,1-2,6-7,12-13H2,(H,27,29)(H2,28,30,33,34)/b17-8-. The number of nitrogens with zero attached hydrogens (tertiary/aromatic N) is 3. The number of hydrogen-bond donors (Lipinski definition) is 5. The molecule has 2 fully saturated rings. The van der Waals surface area contributed by atoms with E-state index in [0.29, 0.717) is 29.4 Å². The van der Waals surface area contributed by atoms with E-state index >= 15 is 0 Å². The molecule has 2 aromatic heterocycles. The highest BCUT2D eigenvalue weighted by atomic mass is 127. The fourth-order valence-electron chi connectivity index (χ4n) is 4.42. The Morgan fingerprint density at radius 1 is 1.21 bits per heavy atom. The van der Waals surface area contributed by atoms with Crippen LogP contribution in [0, 0.1) is 8.99 Å². The van der Waals surface area contributed by atoms with Crippen molar-refractivity contribution >= 4 is 63.6 Å². The van der Waals surface area contributed by atoms with E-state index in [-0.39, 0.29) is 17.7 Å². The topological polar surface area (TPSA) is 133 Å². The van der Waals surface area contributed by atoms with Gasteiger partial charge in [-0.05, 0) is 59.7 Å². The molecule has 0 spiro atoms. The number of urea groups is 1. The van der Waals surface area contributed by atoms with Crippen LogP contribution in [0.5, 0.6) is 0 Å². The molecule has 1 aromatic carbocycles. The molecule has 0 atom stereocenters. The van der Waals surface area contributed by atoms with E-state index in [9.17, 15) is 14.7 Å². The molecule has 3 heterocycles. The van der Waals surface area contributed by atoms with E-state index in [4.69, 9.17) is 4.98 Å². The van der Waals surface area contributed by atoms with Crippen molar-refractivity contribution in [1.29, 1.82) is 0 Å². The number of aromatic nitrogens is 3. The predicted octanol–water partition coefficient (Wildman–Crippen LogP) is 3.22. The molecule has 0 unspecified atom stereocenters. The maximum atomic E-state index is 12.0. The number of fused-ring (bicyclic) bond motifs is 1. The molecule has 176 valence electrons. The average molecular weight is 573 g/mol. The molecule has 3 aromatic rings. The number of hydrogen-bond acceptors (Lipinski definition) is 7. The summed E-state index contributed by atoms with van der Waals surface area (Å²) in [5, 5.41) is 26.0. The summed E-state index contributed by atoms with van der Waals surface area (Å²) in [5.41, 5.74) is 1.98. The molecular weight excluding hydrogens is 549 g/mol. The molecule has 1 saturated heterocycles. The third kappa shape index (κ3) is 4.57. The molecular formula is C23H24IN7O3. The summed E-state index contributed by atoms with van der Waals surface area (Å²) in [6, 6.07) is 9.25. The summed E-state index contributed by atoms with van der Waals surface area (Å²) in [7, 11) is 0. The van der Waals surface area contributed by atoms with E-state index in [1.54, 1.807) is 16.8 Å². The number of aliphatic hydroxyl groups excluding tert-OH is 1. The fourth-order valence-corrected chi connectivity index (χ4v) is 4.96. The number of aliphatic hydroxyl groups is 1. The number of halogens is 1. The number of amides is 3. The molecule has 11 heteroatoms. The predicted molar refractivity (Wildman–Crippen MR) is 137 cm³/mol. The van der Waals surface area contributed by atoms with Gasteiger partial charge < -0.3 is 21.1 Å². The van der Waals surface area contributed by atoms with Crippen LogP contribution in [0.1, 0.15) is 31.2 Å². The van der Waals surface area contributed by atoms with Crippen LogP contribution in [-0.2, 0) is 4.79 Å². The Bertz CT molecular complexity index is 1300. The third-order valence-corrected chi connectivity index (χ3v) is 6.93. The minimum Gasteiger partial charge on any atom is -0.396 e. The van der Waals surface area contributed by atoms with E-state index in [1.165, 1.54) is 0 Å². The van der Waals surface area contributed by atoms with Crippen molar-refractivity contribution in [3.63, 3.8) is 0 Å². The van der Waals surface area contributed by atoms with Crippen molar-refractivity contribution < 1.29 is 14.7 Å². The van der Waals surface area contributed by atoms with Crippen LogP contribution in [0.2, 0.25) is 0 Å². The first-order valence-corrected chi connectivity index (χ1v) is 12.1. The number of carbonyl (C=O) groups is 2. The van der Waals surface area contributed by atoms with Gasteiger partial charge in [0.25, 0.3) is 5.91 Å². The summed E-state index contributed by atoms with van der Waals surface area (Å²) in [6.07, 6.45) is 7.33. The Morgan fingerprint density at radius 2 is 2.03 bits per heavy atom. The zero-order chi connectivity index (χ0) is 23.7. The lowest BCUT2D eigenvalue weighted by molar-refractivity contribution is -0.115. The third-order valence-electron chi connectivity index (χ3n) is 6.26. The number of imide groups is 1. The van der Waals surface area contributed by atoms with Crippen LogP contribution >= 0.6 is 22.6 Å². The van der Waals surface area contributed by atoms with Gasteiger partial charge in [-0.25, -0.2) is 9.78 Å². The van der Waals surface area contributed by atoms with Crippen molar-refractivity contribution in [2.24, 2.45) is 5.41 Å². The summed E-state index contributed by atoms with van der Waals surface area (Å²) in [4.78, 5) is 28.2. The molecule has 0 bridgehead atoms. The maximum absolute atomic E-state index is 12.0. The van der Waals surface area contributed by atoms with Gasteiger partial charge in [0, 0.05) is 32.8 Å². The molecule has 3 amide bonds. The number of carbonyl (C=O) groups excluding carboxylic acids is 2. The van der Waals surface area contributed by atoms with Crippen LogP contribution in [-0.4, -0.2) is 44.8 Å². The van der Waals surface area contributed by atoms with Gasteiger partial charge in [-0.3, -0.25) is 10.1 Å². The van der Waals surface area contributed by atoms with Crippen molar-refractivity contribution in [2.75, 3.05) is 23.8 Å². The van der Waals surface area contributed by atoms with E-state index in [0.717, 1.165) is 34.9 Å². The SMILES string of the molecule is O=C1NC(=O)/C(=C/c2cnn3c(NCC4(CO)CCCC4)cc(Nc4cccc(I)c4)nc23)N1. The van der Waals surface area contributed by atoms with Crippen molar-refractivity contribution in [2.45, 2.75) is 25.7 Å². The molecule has 1 aliphatic heterocycles. The number of nitrogens with one attached hydrogen (secondary N) is 4. The van der Waals surface area contributed by atoms with Gasteiger partial charge in [0.2, 0.25) is 0 Å². The monoisotopic (exact) mass is 573 g/mol. The summed E-state index contributed by atoms with van der Waals surface area (Å²) < 4.78 is 2.76. The molecule has 2 aliphatic rings. The molecule has 5 rings (SSSR count). The highest BCUT2D eigenvalue weighted by molar-refractivity contribution is 14.1. The highest BCUT2D eigenvalue weighted by Crippen LogP contribution is 2.38. The zero-order valence-electron chi connectivity index (χ0n) is 18.3. The smallest absolute Gasteiger partial charge is 0.326 e. The maximum Gasteiger partial charge on any atom is 0.326 e. The normalized spacial score (nSPS) is 18.4. The second-order valence-corrected chi connectivity index (χ2v) is 9.93. The summed E-state index contributed by atoms with van der Waals surface area (Å²) >= 11 is 2.25. The van der Waals surface area contributed by atoms with Gasteiger partial charge in [-0.15, -0.1) is 0 Å². The number of rotatable bonds is 7. The second-order valence-electron chi connectivity index (χ2n) is 8.68. The quantitative estimate of drug-likeness (QED) is 0.167. The Labute approximate surface area is 209 Å². The Balaban J connectivity index is 1.53. The summed E-state index contributed by atoms with van der Waals surface area (Å²) in [5.74, 6) is 0.811. The Kier molecular flexibility index (Phi) is 6.13. The van der Waals surface area contributed by atoms with Crippen LogP contribution in [0.25, 0.3) is 11.7 Å². The summed E-state index contributed by atoms with van der Waals surface area (Å²) in [6.45, 7) is 0.743. The Morgan fingerprint density at radius 3 is 2.74 bits per heavy atom. The lowest BCUT2D eigenvalue weighted by Gasteiger charge is -2.27. The first-order chi connectivity index (χ1) is 16.4. The average Bonchev–Trinajstić information content (AvgIpc) is 3.52. The van der Waals surface area contributed by atoms with Crippen molar-refractivity contribution in [3.05, 3.63) is 51.4 Å². The van der Waals surface area contributed by atoms with Crippen LogP contribution < -0.4 is 21.3 Å². The molecule has 10 nitrogen and oxygen atoms in total. The molecule has 0 radical (unpaired) electrons. The van der Waals surface area contributed by atoms with Gasteiger partial charge >= 0.3 is 6.03 Å². The lowest BCUT2D eigenvalue weighted by atomic mass is 9.87. The minimum atomic E-state index is -0.560. The zero-order valence-corrected chi connectivity index (χ0v) is 20.4. The van der Waals surface area contributed by atoms with Crippen LogP contribution in [0.3, 0.4) is 0 Å². The van der Waals surface area contributed by atoms with E-state index < -0.39 is 11.9 Å². The van der Waals surface area contributed by atoms with Crippen LogP contribution in [0.15, 0.2) is 42.2 Å². The number of anilines is 3. The van der Waals surface area contributed by atoms with Crippen molar-refractivity contribution in [3.8, 4) is 0 Å². The van der Waals surface area contributed by atoms with E-state index in [2.05, 4.69) is 49.0 Å². The van der Waals surface area contributed by atoms with Gasteiger partial charge in [0.1, 0.15) is 17.3 Å². The molecule has 34 heavy (non-hydrogen) atoms. The van der Waals surface area contributed by atoms with E-state index in [1.807, 2.05) is 30.3 Å². The fraction of sp³-hybridized carbons (Fsp3) is 0.304. The van der Waals surface area contributed by atoms with Gasteiger partial charge in [0.05, 0.1) is 12.8 Å². The van der Waals surface area contributed by atoms with Gasteiger partial charge in [-0.1, -0.05) is 18.9 Å². The number of benzene rings is 1. The van der Waals surface area contributed by atoms with Gasteiger partial charge in [-0.2, -0.15) is 9.61 Å². The van der Waals surface area contributed by atoms with Crippen molar-refractivity contribution in [1.82, 2.24) is 25.2 Å². The largest absolute Gasteiger partial charge is 0.396 e. The Hall–Kier alpha value is -3.19. The lowest BCUT2D eigenvalue weighted by Crippen LogP contribution is -2.31. The highest BCUT2D eigenvalue weighted by Gasteiger charge is 2.33. The molecule has 1 saturated carbocycles. The second kappa shape index (κ2) is 9.22. The molecule has 5 N–H and O–H groups in total. The van der Waals surface area contributed by atoms with Gasteiger partial charge in [0.15, 0.2) is 5.65 Å². The molecule has 1 aliphatic carbocycles. The first-order valence-electron chi connectivity index (χ1n) is 11.0. The first kappa shape index (κ1) is 22.6. The van der Waals surface area contributed by atoms with Crippen LogP contribution in [0.4, 0.5) is 22.1 Å².